The van der Waals surface area contributed by atoms with Gasteiger partial charge in [-0.2, -0.15) is 0 Å². The van der Waals surface area contributed by atoms with Crippen LogP contribution in [-0.4, -0.2) is 30.6 Å². The van der Waals surface area contributed by atoms with Crippen LogP contribution in [0.4, 0.5) is 0 Å². The van der Waals surface area contributed by atoms with Gasteiger partial charge < -0.3 is 9.74 Å². The first-order valence-corrected chi connectivity index (χ1v) is 5.44. The molecule has 0 radical (unpaired) electrons. The van der Waals surface area contributed by atoms with Crippen LogP contribution in [0.15, 0.2) is 0 Å². The number of piperidine rings is 1. The molecule has 1 saturated heterocycles. The van der Waals surface area contributed by atoms with E-state index in [1.807, 2.05) is 0 Å². The average Bonchev–Trinajstić information content (AvgIpc) is 2.19. The SMILES string of the molecule is CCN1CCCCC1CCCON. The summed E-state index contributed by atoms with van der Waals surface area (Å²) in [5.74, 6) is 5.00. The van der Waals surface area contributed by atoms with Crippen molar-refractivity contribution in [3.63, 3.8) is 0 Å². The average molecular weight is 186 g/mol. The molecule has 0 aromatic heterocycles. The molecule has 78 valence electrons. The highest BCUT2D eigenvalue weighted by Crippen LogP contribution is 2.20. The molecule has 0 aromatic rings. The van der Waals surface area contributed by atoms with Crippen molar-refractivity contribution in [1.82, 2.24) is 4.90 Å². The zero-order chi connectivity index (χ0) is 9.52. The molecule has 3 nitrogen and oxygen atoms in total. The Morgan fingerprint density at radius 3 is 3.00 bits per heavy atom. The smallest absolute Gasteiger partial charge is 0.0679 e. The third-order valence-corrected chi connectivity index (χ3v) is 2.95. The van der Waals surface area contributed by atoms with Gasteiger partial charge in [0.2, 0.25) is 0 Å². The second kappa shape index (κ2) is 6.35. The van der Waals surface area contributed by atoms with Crippen LogP contribution in [0.2, 0.25) is 0 Å². The van der Waals surface area contributed by atoms with E-state index in [0.717, 1.165) is 12.5 Å². The van der Waals surface area contributed by atoms with E-state index in [0.29, 0.717) is 6.61 Å². The Bertz CT molecular complexity index is 130. The van der Waals surface area contributed by atoms with Gasteiger partial charge in [-0.25, -0.2) is 5.90 Å². The molecule has 13 heavy (non-hydrogen) atoms. The minimum absolute atomic E-state index is 0.702. The third-order valence-electron chi connectivity index (χ3n) is 2.95. The van der Waals surface area contributed by atoms with Gasteiger partial charge >= 0.3 is 0 Å². The van der Waals surface area contributed by atoms with E-state index in [1.54, 1.807) is 0 Å². The minimum Gasteiger partial charge on any atom is -0.305 e. The first-order valence-electron chi connectivity index (χ1n) is 5.44. The van der Waals surface area contributed by atoms with Gasteiger partial charge in [0.25, 0.3) is 0 Å². The Labute approximate surface area is 81.2 Å². The maximum absolute atomic E-state index is 5.00. The monoisotopic (exact) mass is 186 g/mol. The van der Waals surface area contributed by atoms with Crippen LogP contribution in [0.25, 0.3) is 0 Å². The quantitative estimate of drug-likeness (QED) is 0.523. The number of hydrogen-bond donors (Lipinski definition) is 1. The molecule has 1 heterocycles. The molecule has 0 spiro atoms. The Balaban J connectivity index is 2.19. The lowest BCUT2D eigenvalue weighted by atomic mass is 9.98. The highest BCUT2D eigenvalue weighted by molar-refractivity contribution is 4.75. The van der Waals surface area contributed by atoms with Crippen LogP contribution < -0.4 is 5.90 Å². The highest BCUT2D eigenvalue weighted by Gasteiger charge is 2.19. The van der Waals surface area contributed by atoms with E-state index < -0.39 is 0 Å². The van der Waals surface area contributed by atoms with Crippen molar-refractivity contribution in [2.45, 2.75) is 45.1 Å². The van der Waals surface area contributed by atoms with Crippen LogP contribution in [0, 0.1) is 0 Å². The van der Waals surface area contributed by atoms with Gasteiger partial charge in [-0.05, 0) is 38.8 Å². The van der Waals surface area contributed by atoms with Gasteiger partial charge in [0.05, 0.1) is 6.61 Å². The lowest BCUT2D eigenvalue weighted by Gasteiger charge is -2.34. The molecule has 3 heteroatoms. The van der Waals surface area contributed by atoms with Gasteiger partial charge in [-0.15, -0.1) is 0 Å². The van der Waals surface area contributed by atoms with Crippen LogP contribution in [0.1, 0.15) is 39.0 Å². The summed E-state index contributed by atoms with van der Waals surface area (Å²) in [7, 11) is 0. The maximum Gasteiger partial charge on any atom is 0.0679 e. The van der Waals surface area contributed by atoms with Gasteiger partial charge in [0, 0.05) is 6.04 Å². The van der Waals surface area contributed by atoms with Crippen molar-refractivity contribution >= 4 is 0 Å². The Hall–Kier alpha value is -0.120. The van der Waals surface area contributed by atoms with E-state index in [2.05, 4.69) is 16.7 Å². The number of nitrogens with zero attached hydrogens (tertiary/aromatic N) is 1. The van der Waals surface area contributed by atoms with Crippen LogP contribution in [0.3, 0.4) is 0 Å². The number of hydrogen-bond acceptors (Lipinski definition) is 3. The van der Waals surface area contributed by atoms with Crippen molar-refractivity contribution in [3.05, 3.63) is 0 Å². The van der Waals surface area contributed by atoms with Crippen molar-refractivity contribution in [2.24, 2.45) is 5.90 Å². The second-order valence-corrected chi connectivity index (χ2v) is 3.79. The molecule has 0 amide bonds. The molecule has 1 unspecified atom stereocenters. The van der Waals surface area contributed by atoms with Gasteiger partial charge in [0.15, 0.2) is 0 Å². The molecule has 0 aliphatic carbocycles. The van der Waals surface area contributed by atoms with Crippen molar-refractivity contribution in [3.8, 4) is 0 Å². The molecule has 0 bridgehead atoms. The molecule has 1 fully saturated rings. The van der Waals surface area contributed by atoms with Crippen LogP contribution >= 0.6 is 0 Å². The standard InChI is InChI=1S/C10H22N2O/c1-2-12-8-4-3-6-10(12)7-5-9-13-11/h10H,2-9,11H2,1H3. The third kappa shape index (κ3) is 3.63. The minimum atomic E-state index is 0.702. The van der Waals surface area contributed by atoms with E-state index >= 15 is 0 Å². The van der Waals surface area contributed by atoms with E-state index in [4.69, 9.17) is 5.90 Å². The predicted molar refractivity (Wildman–Crippen MR) is 54.3 cm³/mol. The first kappa shape index (κ1) is 11.0. The summed E-state index contributed by atoms with van der Waals surface area (Å²) < 4.78 is 0. The summed E-state index contributed by atoms with van der Waals surface area (Å²) in [6.07, 6.45) is 6.46. The summed E-state index contributed by atoms with van der Waals surface area (Å²) in [5.41, 5.74) is 0. The second-order valence-electron chi connectivity index (χ2n) is 3.79. The summed E-state index contributed by atoms with van der Waals surface area (Å²) in [6, 6.07) is 0.786. The van der Waals surface area contributed by atoms with Crippen molar-refractivity contribution in [1.29, 1.82) is 0 Å². The Morgan fingerprint density at radius 1 is 1.46 bits per heavy atom. The van der Waals surface area contributed by atoms with E-state index in [9.17, 15) is 0 Å². The molecule has 1 aliphatic rings. The summed E-state index contributed by atoms with van der Waals surface area (Å²) >= 11 is 0. The fraction of sp³-hybridized carbons (Fsp3) is 1.00. The van der Waals surface area contributed by atoms with Gasteiger partial charge in [-0.3, -0.25) is 0 Å². The topological polar surface area (TPSA) is 38.5 Å². The molecule has 1 rings (SSSR count). The molecule has 0 aromatic carbocycles. The molecular formula is C10H22N2O. The van der Waals surface area contributed by atoms with Crippen LogP contribution in [-0.2, 0) is 4.84 Å². The molecule has 1 atom stereocenters. The lowest BCUT2D eigenvalue weighted by Crippen LogP contribution is -2.39. The maximum atomic E-state index is 5.00. The normalized spacial score (nSPS) is 24.9. The number of likely N-dealkylation sites (tertiary alicyclic amines) is 1. The van der Waals surface area contributed by atoms with Gasteiger partial charge in [0.1, 0.15) is 0 Å². The van der Waals surface area contributed by atoms with Crippen molar-refractivity contribution < 1.29 is 4.84 Å². The Kier molecular flexibility index (Phi) is 5.35. The fourth-order valence-electron chi connectivity index (χ4n) is 2.21. The lowest BCUT2D eigenvalue weighted by molar-refractivity contribution is 0.107. The molecule has 2 N–H and O–H groups in total. The van der Waals surface area contributed by atoms with E-state index in [-0.39, 0.29) is 0 Å². The fourth-order valence-corrected chi connectivity index (χ4v) is 2.21. The summed E-state index contributed by atoms with van der Waals surface area (Å²) in [5, 5.41) is 0. The summed E-state index contributed by atoms with van der Waals surface area (Å²) in [6.45, 7) is 5.42. The van der Waals surface area contributed by atoms with E-state index in [1.165, 1.54) is 38.8 Å². The predicted octanol–water partition coefficient (Wildman–Crippen LogP) is 1.53. The molecule has 0 saturated carbocycles. The van der Waals surface area contributed by atoms with Crippen molar-refractivity contribution in [2.75, 3.05) is 19.7 Å². The number of nitrogens with two attached hydrogens (primary N) is 1. The first-order chi connectivity index (χ1) is 6.38. The summed E-state index contributed by atoms with van der Waals surface area (Å²) in [4.78, 5) is 7.17. The largest absolute Gasteiger partial charge is 0.305 e. The van der Waals surface area contributed by atoms with Crippen LogP contribution in [0.5, 0.6) is 0 Å². The van der Waals surface area contributed by atoms with Gasteiger partial charge in [-0.1, -0.05) is 13.3 Å². The zero-order valence-electron chi connectivity index (χ0n) is 8.67. The zero-order valence-corrected chi connectivity index (χ0v) is 8.67. The number of rotatable bonds is 5. The Morgan fingerprint density at radius 2 is 2.31 bits per heavy atom. The highest BCUT2D eigenvalue weighted by atomic mass is 16.6. The molecular weight excluding hydrogens is 164 g/mol. The molecule has 1 aliphatic heterocycles.